The van der Waals surface area contributed by atoms with Gasteiger partial charge in [-0.1, -0.05) is 34.1 Å². The third-order valence-corrected chi connectivity index (χ3v) is 7.22. The van der Waals surface area contributed by atoms with E-state index >= 15 is 0 Å². The topological polar surface area (TPSA) is 46.2 Å². The lowest BCUT2D eigenvalue weighted by Gasteiger charge is -2.35. The largest absolute Gasteiger partial charge is 0.313 e. The van der Waals surface area contributed by atoms with E-state index < -0.39 is 9.84 Å². The van der Waals surface area contributed by atoms with Crippen LogP contribution < -0.4 is 5.32 Å². The molecule has 0 radical (unpaired) electrons. The molecule has 1 aliphatic rings. The van der Waals surface area contributed by atoms with E-state index in [1.807, 2.05) is 11.8 Å². The molecular formula is C16H33NO2S2. The van der Waals surface area contributed by atoms with Crippen LogP contribution in [0.25, 0.3) is 0 Å². The maximum atomic E-state index is 11.9. The van der Waals surface area contributed by atoms with Crippen LogP contribution in [-0.2, 0) is 9.84 Å². The predicted octanol–water partition coefficient (Wildman–Crippen LogP) is 3.49. The first-order chi connectivity index (χ1) is 9.63. The van der Waals surface area contributed by atoms with Gasteiger partial charge in [0, 0.05) is 22.8 Å². The van der Waals surface area contributed by atoms with Gasteiger partial charge in [-0.25, -0.2) is 8.42 Å². The Bertz CT molecular complexity index is 401. The molecule has 0 spiro atoms. The molecule has 0 saturated heterocycles. The molecule has 0 aromatic carbocycles. The fraction of sp³-hybridized carbons (Fsp3) is 1.00. The summed E-state index contributed by atoms with van der Waals surface area (Å²) in [5.41, 5.74) is 0. The molecule has 1 rings (SSSR count). The van der Waals surface area contributed by atoms with Crippen LogP contribution in [0.2, 0.25) is 0 Å². The number of sulfone groups is 1. The van der Waals surface area contributed by atoms with Crippen LogP contribution in [0.3, 0.4) is 0 Å². The van der Waals surface area contributed by atoms with E-state index in [1.54, 1.807) is 0 Å². The molecule has 126 valence electrons. The Balaban J connectivity index is 2.68. The molecule has 1 fully saturated rings. The van der Waals surface area contributed by atoms with Gasteiger partial charge in [0.1, 0.15) is 9.84 Å². The van der Waals surface area contributed by atoms with E-state index in [4.69, 9.17) is 0 Å². The lowest BCUT2D eigenvalue weighted by Crippen LogP contribution is -2.43. The number of hydrogen-bond donors (Lipinski definition) is 1. The van der Waals surface area contributed by atoms with Crippen molar-refractivity contribution in [3.63, 3.8) is 0 Å². The van der Waals surface area contributed by atoms with Gasteiger partial charge in [-0.15, -0.1) is 0 Å². The Morgan fingerprint density at radius 1 is 1.29 bits per heavy atom. The Morgan fingerprint density at radius 3 is 2.48 bits per heavy atom. The van der Waals surface area contributed by atoms with Crippen LogP contribution in [0.1, 0.15) is 59.8 Å². The zero-order valence-corrected chi connectivity index (χ0v) is 15.9. The smallest absolute Gasteiger partial charge is 0.150 e. The van der Waals surface area contributed by atoms with Crippen molar-refractivity contribution in [3.8, 4) is 0 Å². The van der Waals surface area contributed by atoms with Crippen LogP contribution in [0.4, 0.5) is 0 Å². The highest BCUT2D eigenvalue weighted by atomic mass is 32.2. The monoisotopic (exact) mass is 335 g/mol. The van der Waals surface area contributed by atoms with Crippen molar-refractivity contribution in [2.75, 3.05) is 18.6 Å². The highest BCUT2D eigenvalue weighted by Gasteiger charge is 2.33. The number of thioether (sulfide) groups is 1. The van der Waals surface area contributed by atoms with Gasteiger partial charge in [0.15, 0.2) is 0 Å². The maximum Gasteiger partial charge on any atom is 0.150 e. The molecule has 3 nitrogen and oxygen atoms in total. The SMILES string of the molecule is CCCNC(CSC(C)(C)C)C1CCCC(S(C)(=O)=O)C1. The number of hydrogen-bond acceptors (Lipinski definition) is 4. The normalized spacial score (nSPS) is 25.8. The summed E-state index contributed by atoms with van der Waals surface area (Å²) in [6.07, 6.45) is 6.43. The van der Waals surface area contributed by atoms with E-state index in [9.17, 15) is 8.42 Å². The first-order valence-corrected chi connectivity index (χ1v) is 11.1. The van der Waals surface area contributed by atoms with Crippen LogP contribution in [-0.4, -0.2) is 43.0 Å². The fourth-order valence-electron chi connectivity index (χ4n) is 2.97. The average Bonchev–Trinajstić information content (AvgIpc) is 2.37. The van der Waals surface area contributed by atoms with Crippen molar-refractivity contribution in [2.45, 2.75) is 75.8 Å². The quantitative estimate of drug-likeness (QED) is 0.773. The third-order valence-electron chi connectivity index (χ3n) is 4.19. The minimum atomic E-state index is -2.89. The molecule has 0 aromatic rings. The third kappa shape index (κ3) is 7.38. The van der Waals surface area contributed by atoms with Gasteiger partial charge in [0.2, 0.25) is 0 Å². The fourth-order valence-corrected chi connectivity index (χ4v) is 5.23. The molecule has 0 aliphatic heterocycles. The molecule has 1 aliphatic carbocycles. The van der Waals surface area contributed by atoms with Crippen LogP contribution in [0, 0.1) is 5.92 Å². The Labute approximate surface area is 136 Å². The molecule has 3 unspecified atom stereocenters. The summed E-state index contributed by atoms with van der Waals surface area (Å²) in [6.45, 7) is 9.94. The Morgan fingerprint density at radius 2 is 1.95 bits per heavy atom. The highest BCUT2D eigenvalue weighted by molar-refractivity contribution is 8.00. The first-order valence-electron chi connectivity index (χ1n) is 8.19. The second-order valence-corrected chi connectivity index (χ2v) is 11.5. The van der Waals surface area contributed by atoms with E-state index in [1.165, 1.54) is 6.26 Å². The van der Waals surface area contributed by atoms with Gasteiger partial charge in [0.05, 0.1) is 5.25 Å². The number of nitrogens with one attached hydrogen (secondary N) is 1. The summed E-state index contributed by atoms with van der Waals surface area (Å²) in [4.78, 5) is 0. The van der Waals surface area contributed by atoms with Gasteiger partial charge >= 0.3 is 0 Å². The minimum Gasteiger partial charge on any atom is -0.313 e. The summed E-state index contributed by atoms with van der Waals surface area (Å²) >= 11 is 1.98. The van der Waals surface area contributed by atoms with E-state index in [0.29, 0.717) is 12.0 Å². The number of rotatable bonds is 7. The summed E-state index contributed by atoms with van der Waals surface area (Å²) in [6, 6.07) is 0.443. The summed E-state index contributed by atoms with van der Waals surface area (Å²) in [7, 11) is -2.89. The molecular weight excluding hydrogens is 302 g/mol. The highest BCUT2D eigenvalue weighted by Crippen LogP contribution is 2.33. The van der Waals surface area contributed by atoms with Crippen molar-refractivity contribution in [1.29, 1.82) is 0 Å². The van der Waals surface area contributed by atoms with Crippen LogP contribution in [0.5, 0.6) is 0 Å². The van der Waals surface area contributed by atoms with Gasteiger partial charge in [-0.3, -0.25) is 0 Å². The van der Waals surface area contributed by atoms with Crippen molar-refractivity contribution in [1.82, 2.24) is 5.32 Å². The molecule has 0 bridgehead atoms. The molecule has 1 saturated carbocycles. The summed E-state index contributed by atoms with van der Waals surface area (Å²) < 4.78 is 24.0. The maximum absolute atomic E-state index is 11.9. The summed E-state index contributed by atoms with van der Waals surface area (Å²) in [5.74, 6) is 1.57. The van der Waals surface area contributed by atoms with E-state index in [2.05, 4.69) is 33.0 Å². The zero-order valence-electron chi connectivity index (χ0n) is 14.3. The van der Waals surface area contributed by atoms with E-state index in [0.717, 1.165) is 44.4 Å². The molecule has 21 heavy (non-hydrogen) atoms. The first kappa shape index (κ1) is 19.3. The Kier molecular flexibility index (Phi) is 7.55. The Hall–Kier alpha value is 0.260. The zero-order chi connectivity index (χ0) is 16.1. The van der Waals surface area contributed by atoms with Gasteiger partial charge in [-0.2, -0.15) is 11.8 Å². The standard InChI is InChI=1S/C16H33NO2S2/c1-6-10-17-15(12-20-16(2,3)4)13-8-7-9-14(11-13)21(5,18)19/h13-15,17H,6-12H2,1-5H3. The molecule has 1 N–H and O–H groups in total. The lowest BCUT2D eigenvalue weighted by atomic mass is 9.84. The lowest BCUT2D eigenvalue weighted by molar-refractivity contribution is 0.286. The second kappa shape index (κ2) is 8.21. The molecule has 5 heteroatoms. The van der Waals surface area contributed by atoms with Crippen LogP contribution >= 0.6 is 11.8 Å². The van der Waals surface area contributed by atoms with Crippen molar-refractivity contribution in [3.05, 3.63) is 0 Å². The second-order valence-electron chi connectivity index (χ2n) is 7.36. The molecule has 0 amide bonds. The van der Waals surface area contributed by atoms with E-state index in [-0.39, 0.29) is 10.00 Å². The van der Waals surface area contributed by atoms with Crippen molar-refractivity contribution < 1.29 is 8.42 Å². The predicted molar refractivity (Wildman–Crippen MR) is 94.9 cm³/mol. The molecule has 0 aromatic heterocycles. The van der Waals surface area contributed by atoms with Crippen LogP contribution in [0.15, 0.2) is 0 Å². The minimum absolute atomic E-state index is 0.123. The summed E-state index contributed by atoms with van der Waals surface area (Å²) in [5, 5.41) is 3.54. The van der Waals surface area contributed by atoms with Gasteiger partial charge in [0.25, 0.3) is 0 Å². The van der Waals surface area contributed by atoms with Crippen molar-refractivity contribution >= 4 is 21.6 Å². The van der Waals surface area contributed by atoms with Crippen molar-refractivity contribution in [2.24, 2.45) is 5.92 Å². The molecule has 0 heterocycles. The van der Waals surface area contributed by atoms with Gasteiger partial charge in [-0.05, 0) is 38.1 Å². The average molecular weight is 336 g/mol. The molecule has 3 atom stereocenters. The van der Waals surface area contributed by atoms with Gasteiger partial charge < -0.3 is 5.32 Å².